The van der Waals surface area contributed by atoms with E-state index in [4.69, 9.17) is 4.99 Å². The van der Waals surface area contributed by atoms with Gasteiger partial charge in [0.15, 0.2) is 0 Å². The van der Waals surface area contributed by atoms with Crippen LogP contribution >= 0.6 is 0 Å². The second-order valence-corrected chi connectivity index (χ2v) is 8.72. The van der Waals surface area contributed by atoms with Crippen LogP contribution in [0.4, 0.5) is 5.69 Å². The first-order chi connectivity index (χ1) is 11.0. The molecule has 0 aromatic heterocycles. The first-order valence-corrected chi connectivity index (χ1v) is 9.35. The molecule has 1 aromatic rings. The summed E-state index contributed by atoms with van der Waals surface area (Å²) in [7, 11) is 4.16. The van der Waals surface area contributed by atoms with Gasteiger partial charge in [-0.25, -0.2) is 0 Å². The minimum Gasteiger partial charge on any atom is -0.378 e. The van der Waals surface area contributed by atoms with Crippen molar-refractivity contribution in [1.82, 2.24) is 0 Å². The molecule has 0 amide bonds. The van der Waals surface area contributed by atoms with Gasteiger partial charge in [-0.15, -0.1) is 0 Å². The molecule has 0 spiro atoms. The fourth-order valence-electron chi connectivity index (χ4n) is 5.90. The molecule has 0 heterocycles. The number of aliphatic imine (C=N–C) groups is 1. The van der Waals surface area contributed by atoms with Crippen molar-refractivity contribution in [3.8, 4) is 0 Å². The van der Waals surface area contributed by atoms with E-state index in [0.29, 0.717) is 11.5 Å². The molecular weight excluding hydrogens is 280 g/mol. The summed E-state index contributed by atoms with van der Waals surface area (Å²) in [6.45, 7) is 2.37. The molecular formula is C21H30N2. The Balaban J connectivity index is 1.48. The van der Waals surface area contributed by atoms with E-state index in [1.807, 2.05) is 0 Å². The molecule has 4 fully saturated rings. The Morgan fingerprint density at radius 3 is 2.00 bits per heavy atom. The van der Waals surface area contributed by atoms with E-state index in [-0.39, 0.29) is 0 Å². The van der Waals surface area contributed by atoms with Crippen molar-refractivity contribution in [3.05, 3.63) is 29.8 Å². The minimum absolute atomic E-state index is 0.476. The molecule has 4 saturated carbocycles. The van der Waals surface area contributed by atoms with Crippen molar-refractivity contribution in [1.29, 1.82) is 0 Å². The van der Waals surface area contributed by atoms with E-state index in [0.717, 1.165) is 17.8 Å². The molecule has 23 heavy (non-hydrogen) atoms. The van der Waals surface area contributed by atoms with Crippen LogP contribution in [-0.4, -0.2) is 26.4 Å². The van der Waals surface area contributed by atoms with Crippen molar-refractivity contribution < 1.29 is 0 Å². The molecule has 0 aliphatic heterocycles. The molecule has 0 N–H and O–H groups in total. The molecule has 4 aliphatic carbocycles. The lowest BCUT2D eigenvalue weighted by Gasteiger charge is -2.58. The molecule has 0 unspecified atom stereocenters. The van der Waals surface area contributed by atoms with Crippen molar-refractivity contribution in [2.45, 2.75) is 51.5 Å². The van der Waals surface area contributed by atoms with Gasteiger partial charge in [-0.3, -0.25) is 4.99 Å². The fraction of sp³-hybridized carbons (Fsp3) is 0.667. The fourth-order valence-corrected chi connectivity index (χ4v) is 5.90. The number of hydrogen-bond acceptors (Lipinski definition) is 2. The van der Waals surface area contributed by atoms with Gasteiger partial charge in [0.1, 0.15) is 0 Å². The highest BCUT2D eigenvalue weighted by molar-refractivity contribution is 5.80. The van der Waals surface area contributed by atoms with Gasteiger partial charge in [0.25, 0.3) is 0 Å². The summed E-state index contributed by atoms with van der Waals surface area (Å²) in [6.07, 6.45) is 11.0. The highest BCUT2D eigenvalue weighted by atomic mass is 15.1. The van der Waals surface area contributed by atoms with Crippen molar-refractivity contribution in [2.75, 3.05) is 19.0 Å². The van der Waals surface area contributed by atoms with Crippen molar-refractivity contribution in [3.63, 3.8) is 0 Å². The number of benzene rings is 1. The zero-order valence-corrected chi connectivity index (χ0v) is 14.8. The standard InChI is InChI=1S/C21H30N2/c1-15(22-14-16-4-6-20(7-5-16)23(2)3)21-11-17-8-18(12-21)10-19(9-17)13-21/h4-7,14-15,17-19H,8-13H2,1-3H3/t15-,17?,18?,19?,21?/m0/s1. The van der Waals surface area contributed by atoms with Crippen molar-refractivity contribution >= 4 is 11.9 Å². The van der Waals surface area contributed by atoms with Crippen LogP contribution in [0.2, 0.25) is 0 Å². The normalized spacial score (nSPS) is 36.6. The molecule has 4 aliphatic rings. The maximum atomic E-state index is 5.02. The number of anilines is 1. The quantitative estimate of drug-likeness (QED) is 0.731. The lowest BCUT2D eigenvalue weighted by atomic mass is 9.48. The Morgan fingerprint density at radius 2 is 1.52 bits per heavy atom. The summed E-state index contributed by atoms with van der Waals surface area (Å²) in [5.41, 5.74) is 3.00. The summed E-state index contributed by atoms with van der Waals surface area (Å²) in [5.74, 6) is 3.04. The number of nitrogens with zero attached hydrogens (tertiary/aromatic N) is 2. The summed E-state index contributed by atoms with van der Waals surface area (Å²) < 4.78 is 0. The van der Waals surface area contributed by atoms with Crippen LogP contribution in [0.1, 0.15) is 51.0 Å². The second kappa shape index (κ2) is 5.65. The maximum absolute atomic E-state index is 5.02. The van der Waals surface area contributed by atoms with Gasteiger partial charge >= 0.3 is 0 Å². The average Bonchev–Trinajstić information content (AvgIpc) is 2.51. The SMILES string of the molecule is C[C@H](N=Cc1ccc(N(C)C)cc1)C12CC3CC(CC(C3)C1)C2. The highest BCUT2D eigenvalue weighted by Gasteiger charge is 2.53. The van der Waals surface area contributed by atoms with Gasteiger partial charge in [-0.1, -0.05) is 12.1 Å². The second-order valence-electron chi connectivity index (χ2n) is 8.72. The highest BCUT2D eigenvalue weighted by Crippen LogP contribution is 2.61. The van der Waals surface area contributed by atoms with Crippen LogP contribution < -0.4 is 4.90 Å². The van der Waals surface area contributed by atoms with E-state index < -0.39 is 0 Å². The third-order valence-electron chi connectivity index (χ3n) is 6.83. The first-order valence-electron chi connectivity index (χ1n) is 9.35. The van der Waals surface area contributed by atoms with E-state index in [9.17, 15) is 0 Å². The van der Waals surface area contributed by atoms with Gasteiger partial charge in [0.05, 0.1) is 6.04 Å². The number of hydrogen-bond donors (Lipinski definition) is 0. The minimum atomic E-state index is 0.476. The van der Waals surface area contributed by atoms with E-state index >= 15 is 0 Å². The smallest absolute Gasteiger partial charge is 0.0528 e. The van der Waals surface area contributed by atoms with Gasteiger partial charge < -0.3 is 4.90 Å². The van der Waals surface area contributed by atoms with Crippen LogP contribution in [0.5, 0.6) is 0 Å². The Bertz CT molecular complexity index is 549. The molecule has 1 atom stereocenters. The zero-order chi connectivity index (χ0) is 16.0. The summed E-state index contributed by atoms with van der Waals surface area (Å²) in [5, 5.41) is 0. The predicted molar refractivity (Wildman–Crippen MR) is 98.4 cm³/mol. The summed E-state index contributed by atoms with van der Waals surface area (Å²) in [6, 6.07) is 9.20. The first kappa shape index (κ1) is 15.2. The molecule has 5 rings (SSSR count). The average molecular weight is 310 g/mol. The Labute approximate surface area is 141 Å². The third-order valence-corrected chi connectivity index (χ3v) is 6.83. The number of rotatable bonds is 4. The van der Waals surface area contributed by atoms with E-state index in [1.165, 1.54) is 49.8 Å². The van der Waals surface area contributed by atoms with Crippen LogP contribution in [0.15, 0.2) is 29.3 Å². The Kier molecular flexibility index (Phi) is 3.74. The van der Waals surface area contributed by atoms with Gasteiger partial charge in [0, 0.05) is 26.0 Å². The van der Waals surface area contributed by atoms with Crippen LogP contribution in [-0.2, 0) is 0 Å². The summed E-state index contributed by atoms with van der Waals surface area (Å²) in [4.78, 5) is 7.16. The lowest BCUT2D eigenvalue weighted by molar-refractivity contribution is -0.0632. The third kappa shape index (κ3) is 2.81. The van der Waals surface area contributed by atoms with Crippen molar-refractivity contribution in [2.24, 2.45) is 28.2 Å². The van der Waals surface area contributed by atoms with Crippen LogP contribution in [0.3, 0.4) is 0 Å². The topological polar surface area (TPSA) is 15.6 Å². The van der Waals surface area contributed by atoms with Gasteiger partial charge in [-0.2, -0.15) is 0 Å². The predicted octanol–water partition coefficient (Wildman–Crippen LogP) is 4.78. The molecule has 2 nitrogen and oxygen atoms in total. The molecule has 1 aromatic carbocycles. The van der Waals surface area contributed by atoms with Gasteiger partial charge in [-0.05, 0) is 86.3 Å². The molecule has 0 radical (unpaired) electrons. The van der Waals surface area contributed by atoms with Crippen LogP contribution in [0, 0.1) is 23.2 Å². The Hall–Kier alpha value is -1.31. The molecule has 2 heteroatoms. The van der Waals surface area contributed by atoms with E-state index in [1.54, 1.807) is 0 Å². The van der Waals surface area contributed by atoms with Crippen LogP contribution in [0.25, 0.3) is 0 Å². The van der Waals surface area contributed by atoms with E-state index in [2.05, 4.69) is 56.4 Å². The largest absolute Gasteiger partial charge is 0.378 e. The maximum Gasteiger partial charge on any atom is 0.0528 e. The Morgan fingerprint density at radius 1 is 1.00 bits per heavy atom. The molecule has 4 bridgehead atoms. The molecule has 0 saturated heterocycles. The van der Waals surface area contributed by atoms with Gasteiger partial charge in [0.2, 0.25) is 0 Å². The molecule has 124 valence electrons. The summed E-state index contributed by atoms with van der Waals surface area (Å²) >= 11 is 0. The lowest BCUT2D eigenvalue weighted by Crippen LogP contribution is -2.50. The monoisotopic (exact) mass is 310 g/mol. The zero-order valence-electron chi connectivity index (χ0n) is 14.8.